The van der Waals surface area contributed by atoms with Crippen molar-refractivity contribution in [2.45, 2.75) is 38.8 Å². The summed E-state index contributed by atoms with van der Waals surface area (Å²) in [6.07, 6.45) is 2.52. The Balaban J connectivity index is 1.79. The van der Waals surface area contributed by atoms with Crippen LogP contribution < -0.4 is 16.6 Å². The van der Waals surface area contributed by atoms with E-state index in [2.05, 4.69) is 5.32 Å². The molecule has 3 heterocycles. The summed E-state index contributed by atoms with van der Waals surface area (Å²) in [6.45, 7) is 2.14. The summed E-state index contributed by atoms with van der Waals surface area (Å²) in [5.41, 5.74) is 1.01. The molecule has 2 amide bonds. The number of likely N-dealkylation sites (tertiary alicyclic amines) is 1. The van der Waals surface area contributed by atoms with E-state index in [-0.39, 0.29) is 30.9 Å². The second kappa shape index (κ2) is 9.40. The molecule has 1 aliphatic heterocycles. The lowest BCUT2D eigenvalue weighted by atomic mass is 9.98. The molecule has 4 rings (SSSR count). The summed E-state index contributed by atoms with van der Waals surface area (Å²) in [5, 5.41) is 2.91. The van der Waals surface area contributed by atoms with Gasteiger partial charge in [0.05, 0.1) is 30.2 Å². The Morgan fingerprint density at radius 1 is 1.09 bits per heavy atom. The molecule has 0 unspecified atom stereocenters. The summed E-state index contributed by atoms with van der Waals surface area (Å²) in [4.78, 5) is 56.3. The monoisotopic (exact) mass is 449 g/mol. The van der Waals surface area contributed by atoms with E-state index in [0.29, 0.717) is 23.3 Å². The summed E-state index contributed by atoms with van der Waals surface area (Å²) < 4.78 is 2.60. The molecule has 0 aliphatic carbocycles. The number of hydrogen-bond donors (Lipinski definition) is 1. The molecule has 0 bridgehead atoms. The number of nitrogens with one attached hydrogen (secondary N) is 1. The number of hydrogen-bond acceptors (Lipinski definition) is 5. The van der Waals surface area contributed by atoms with Gasteiger partial charge < -0.3 is 10.2 Å². The van der Waals surface area contributed by atoms with Crippen LogP contribution in [-0.2, 0) is 23.2 Å². The van der Waals surface area contributed by atoms with Gasteiger partial charge in [-0.2, -0.15) is 0 Å². The molecule has 1 aliphatic rings. The van der Waals surface area contributed by atoms with Crippen LogP contribution in [0.15, 0.2) is 52.1 Å². The molecule has 1 saturated heterocycles. The van der Waals surface area contributed by atoms with Gasteiger partial charge in [-0.15, -0.1) is 0 Å². The van der Waals surface area contributed by atoms with Gasteiger partial charge in [-0.25, -0.2) is 9.78 Å². The maximum absolute atomic E-state index is 13.0. The minimum absolute atomic E-state index is 0.0708. The summed E-state index contributed by atoms with van der Waals surface area (Å²) in [5.74, 6) is -0.441. The molecule has 9 nitrogen and oxygen atoms in total. The molecule has 172 valence electrons. The molecule has 3 aromatic rings. The number of benzene rings is 1. The van der Waals surface area contributed by atoms with Gasteiger partial charge in [0.1, 0.15) is 5.65 Å². The highest BCUT2D eigenvalue weighted by molar-refractivity contribution is 5.84. The molecule has 1 aromatic carbocycles. The highest BCUT2D eigenvalue weighted by Crippen LogP contribution is 2.30. The number of nitrogens with zero attached hydrogens (tertiary/aromatic N) is 4. The quantitative estimate of drug-likeness (QED) is 0.633. The van der Waals surface area contributed by atoms with E-state index in [9.17, 15) is 19.2 Å². The Kier molecular flexibility index (Phi) is 6.39. The van der Waals surface area contributed by atoms with Crippen LogP contribution in [-0.4, -0.2) is 43.9 Å². The number of carbonyl (C=O) groups excluding carboxylic acids is 2. The fraction of sp³-hybridized carbons (Fsp3) is 0.375. The second-order valence-corrected chi connectivity index (χ2v) is 8.33. The minimum Gasteiger partial charge on any atom is -0.347 e. The van der Waals surface area contributed by atoms with E-state index in [1.807, 2.05) is 30.3 Å². The van der Waals surface area contributed by atoms with Crippen LogP contribution >= 0.6 is 0 Å². The van der Waals surface area contributed by atoms with E-state index >= 15 is 0 Å². The first-order valence-electron chi connectivity index (χ1n) is 11.0. The van der Waals surface area contributed by atoms with E-state index in [1.54, 1.807) is 17.0 Å². The average Bonchev–Trinajstić information content (AvgIpc) is 2.84. The van der Waals surface area contributed by atoms with Crippen molar-refractivity contribution in [3.63, 3.8) is 0 Å². The lowest BCUT2D eigenvalue weighted by molar-refractivity contribution is -0.136. The van der Waals surface area contributed by atoms with Crippen LogP contribution in [0, 0.1) is 0 Å². The van der Waals surface area contributed by atoms with Crippen molar-refractivity contribution >= 4 is 22.8 Å². The lowest BCUT2D eigenvalue weighted by Crippen LogP contribution is -2.44. The van der Waals surface area contributed by atoms with Crippen molar-refractivity contribution < 1.29 is 9.59 Å². The van der Waals surface area contributed by atoms with Gasteiger partial charge in [-0.1, -0.05) is 30.3 Å². The Hall–Kier alpha value is -3.75. The third kappa shape index (κ3) is 4.57. The molecule has 0 radical (unpaired) electrons. The van der Waals surface area contributed by atoms with E-state index in [0.717, 1.165) is 29.4 Å². The molecule has 1 N–H and O–H groups in total. The highest BCUT2D eigenvalue weighted by atomic mass is 16.2. The molecule has 1 fully saturated rings. The van der Waals surface area contributed by atoms with Crippen LogP contribution in [0.2, 0.25) is 0 Å². The first kappa shape index (κ1) is 22.4. The third-order valence-electron chi connectivity index (χ3n) is 6.04. The molecule has 2 aromatic heterocycles. The van der Waals surface area contributed by atoms with Crippen molar-refractivity contribution in [3.8, 4) is 0 Å². The topological polar surface area (TPSA) is 106 Å². The van der Waals surface area contributed by atoms with Gasteiger partial charge in [0, 0.05) is 20.5 Å². The van der Waals surface area contributed by atoms with Crippen LogP contribution in [0.1, 0.15) is 43.5 Å². The third-order valence-corrected chi connectivity index (χ3v) is 6.04. The number of piperidine rings is 1. The van der Waals surface area contributed by atoms with Crippen molar-refractivity contribution in [2.75, 3.05) is 13.1 Å². The second-order valence-electron chi connectivity index (χ2n) is 8.33. The number of fused-ring (bicyclic) bond motifs is 1. The van der Waals surface area contributed by atoms with Gasteiger partial charge in [0.25, 0.3) is 5.56 Å². The highest BCUT2D eigenvalue weighted by Gasteiger charge is 2.29. The molecule has 33 heavy (non-hydrogen) atoms. The number of pyridine rings is 1. The Bertz CT molecular complexity index is 1310. The van der Waals surface area contributed by atoms with Crippen LogP contribution in [0.5, 0.6) is 0 Å². The van der Waals surface area contributed by atoms with Crippen LogP contribution in [0.4, 0.5) is 0 Å². The van der Waals surface area contributed by atoms with Crippen molar-refractivity contribution in [1.29, 1.82) is 0 Å². The molecular weight excluding hydrogens is 422 g/mol. The molecule has 0 spiro atoms. The van der Waals surface area contributed by atoms with E-state index < -0.39 is 11.2 Å². The smallest absolute Gasteiger partial charge is 0.332 e. The Labute approximate surface area is 190 Å². The van der Waals surface area contributed by atoms with Crippen molar-refractivity contribution in [3.05, 3.63) is 74.6 Å². The normalized spacial score (nSPS) is 16.1. The zero-order valence-electron chi connectivity index (χ0n) is 18.8. The fourth-order valence-electron chi connectivity index (χ4n) is 4.31. The van der Waals surface area contributed by atoms with Gasteiger partial charge in [0.2, 0.25) is 11.8 Å². The first-order chi connectivity index (χ1) is 15.9. The van der Waals surface area contributed by atoms with Crippen molar-refractivity contribution in [2.24, 2.45) is 7.05 Å². The Morgan fingerprint density at radius 2 is 1.85 bits per heavy atom. The van der Waals surface area contributed by atoms with Crippen molar-refractivity contribution in [1.82, 2.24) is 24.3 Å². The fourth-order valence-corrected chi connectivity index (χ4v) is 4.31. The summed E-state index contributed by atoms with van der Waals surface area (Å²) in [6, 6.07) is 12.7. The molecular formula is C24H27N5O4. The van der Waals surface area contributed by atoms with E-state index in [1.165, 1.54) is 18.5 Å². The zero-order valence-corrected chi connectivity index (χ0v) is 18.8. The van der Waals surface area contributed by atoms with Crippen LogP contribution in [0.25, 0.3) is 11.0 Å². The van der Waals surface area contributed by atoms with Gasteiger partial charge in [-0.05, 0) is 37.0 Å². The molecule has 9 heteroatoms. The lowest BCUT2D eigenvalue weighted by Gasteiger charge is -2.35. The molecule has 1 atom stereocenters. The van der Waals surface area contributed by atoms with Gasteiger partial charge >= 0.3 is 5.69 Å². The number of aromatic nitrogens is 3. The number of amides is 2. The zero-order chi connectivity index (χ0) is 23.5. The number of rotatable bonds is 5. The maximum Gasteiger partial charge on any atom is 0.332 e. The van der Waals surface area contributed by atoms with E-state index in [4.69, 9.17) is 4.98 Å². The van der Waals surface area contributed by atoms with Gasteiger partial charge in [0.15, 0.2) is 0 Å². The first-order valence-corrected chi connectivity index (χ1v) is 11.0. The summed E-state index contributed by atoms with van der Waals surface area (Å²) >= 11 is 0. The SMILES string of the molecule is CC(=O)NCC(=O)N1CCCC[C@H]1c1ccc2c(=O)n(C)c(=O)n(Cc3ccccc3)c2n1. The summed E-state index contributed by atoms with van der Waals surface area (Å²) in [7, 11) is 1.46. The standard InChI is InChI=1S/C24H27N5O4/c1-16(30)25-14-21(31)28-13-7-6-10-20(28)19-12-11-18-22(26-19)29(24(33)27(2)23(18)32)15-17-8-4-3-5-9-17/h3-5,8-9,11-12,20H,6-7,10,13-15H2,1-2H3,(H,25,30)/t20-/m0/s1. The largest absolute Gasteiger partial charge is 0.347 e. The van der Waals surface area contributed by atoms with Gasteiger partial charge in [-0.3, -0.25) is 23.5 Å². The van der Waals surface area contributed by atoms with Crippen LogP contribution in [0.3, 0.4) is 0 Å². The molecule has 0 saturated carbocycles. The predicted molar refractivity (Wildman–Crippen MR) is 124 cm³/mol. The average molecular weight is 450 g/mol. The minimum atomic E-state index is -0.441. The predicted octanol–water partition coefficient (Wildman–Crippen LogP) is 1.33. The maximum atomic E-state index is 13.0. The Morgan fingerprint density at radius 3 is 2.58 bits per heavy atom. The number of carbonyl (C=O) groups is 2.